The molecule has 0 saturated carbocycles. The highest BCUT2D eigenvalue weighted by atomic mass is 16.4. The van der Waals surface area contributed by atoms with E-state index in [4.69, 9.17) is 10.8 Å². The summed E-state index contributed by atoms with van der Waals surface area (Å²) in [5, 5.41) is 8.32. The Hall–Kier alpha value is -1.42. The van der Waals surface area contributed by atoms with E-state index in [1.54, 1.807) is 12.1 Å². The molecule has 72 valence electrons. The molecule has 0 radical (unpaired) electrons. The summed E-state index contributed by atoms with van der Waals surface area (Å²) in [6.07, 6.45) is 2.55. The summed E-state index contributed by atoms with van der Waals surface area (Å²) in [6, 6.07) is 4.76. The van der Waals surface area contributed by atoms with Gasteiger partial charge in [-0.25, -0.2) is 9.78 Å². The van der Waals surface area contributed by atoms with Crippen molar-refractivity contribution in [3.63, 3.8) is 0 Å². The molecule has 0 aliphatic heterocycles. The Morgan fingerprint density at radius 2 is 2.23 bits per heavy atom. The van der Waals surface area contributed by atoms with Crippen molar-refractivity contribution in [2.75, 3.05) is 6.54 Å². The van der Waals surface area contributed by atoms with Gasteiger partial charge in [0, 0.05) is 6.20 Å². The molecule has 4 heteroatoms. The molecule has 13 heavy (non-hydrogen) atoms. The van der Waals surface area contributed by atoms with Crippen molar-refractivity contribution in [2.45, 2.75) is 13.3 Å². The van der Waals surface area contributed by atoms with Gasteiger partial charge in [0.15, 0.2) is 0 Å². The van der Waals surface area contributed by atoms with Crippen LogP contribution in [-0.2, 0) is 0 Å². The zero-order chi connectivity index (χ0) is 10.1. The number of aromatic carboxylic acids is 1. The molecule has 0 saturated heterocycles. The molecule has 0 aromatic carbocycles. The molecule has 1 aromatic rings. The number of carbonyl (C=O) groups is 1. The number of hydrogen-bond acceptors (Lipinski definition) is 3. The number of nitrogens with zero attached hydrogens (tertiary/aromatic N) is 1. The van der Waals surface area contributed by atoms with Crippen molar-refractivity contribution in [3.05, 3.63) is 30.1 Å². The number of rotatable bonds is 2. The van der Waals surface area contributed by atoms with Gasteiger partial charge in [0.25, 0.3) is 0 Å². The van der Waals surface area contributed by atoms with Gasteiger partial charge in [-0.05, 0) is 25.1 Å². The van der Waals surface area contributed by atoms with Gasteiger partial charge >= 0.3 is 5.97 Å². The molecular formula is C9H14N2O2. The van der Waals surface area contributed by atoms with E-state index in [1.807, 2.05) is 0 Å². The fourth-order valence-electron chi connectivity index (χ4n) is 0.489. The predicted molar refractivity (Wildman–Crippen MR) is 50.5 cm³/mol. The summed E-state index contributed by atoms with van der Waals surface area (Å²) < 4.78 is 0. The van der Waals surface area contributed by atoms with Crippen LogP contribution in [0.4, 0.5) is 0 Å². The Balaban J connectivity index is 0.000000310. The highest BCUT2D eigenvalue weighted by molar-refractivity contribution is 5.85. The van der Waals surface area contributed by atoms with Gasteiger partial charge in [0.1, 0.15) is 5.69 Å². The molecule has 1 rings (SSSR count). The minimum absolute atomic E-state index is 0.0810. The average Bonchev–Trinajstić information content (AvgIpc) is 2.19. The number of carboxylic acid groups (broad SMARTS) is 1. The summed E-state index contributed by atoms with van der Waals surface area (Å²) in [5.74, 6) is -0.990. The van der Waals surface area contributed by atoms with Gasteiger partial charge in [0.2, 0.25) is 0 Å². The lowest BCUT2D eigenvalue weighted by atomic mass is 10.4. The van der Waals surface area contributed by atoms with Crippen LogP contribution in [0.2, 0.25) is 0 Å². The van der Waals surface area contributed by atoms with E-state index < -0.39 is 5.97 Å². The molecule has 0 unspecified atom stereocenters. The van der Waals surface area contributed by atoms with E-state index in [1.165, 1.54) is 12.3 Å². The van der Waals surface area contributed by atoms with E-state index in [9.17, 15) is 4.79 Å². The lowest BCUT2D eigenvalue weighted by Gasteiger charge is -1.87. The third-order valence-corrected chi connectivity index (χ3v) is 1.17. The zero-order valence-corrected chi connectivity index (χ0v) is 7.60. The summed E-state index contributed by atoms with van der Waals surface area (Å²) in [6.45, 7) is 2.88. The number of pyridine rings is 1. The first kappa shape index (κ1) is 11.6. The van der Waals surface area contributed by atoms with Crippen LogP contribution in [0.5, 0.6) is 0 Å². The molecule has 3 N–H and O–H groups in total. The molecule has 0 aliphatic carbocycles. The molecule has 0 amide bonds. The van der Waals surface area contributed by atoms with Crippen molar-refractivity contribution in [1.82, 2.24) is 4.98 Å². The quantitative estimate of drug-likeness (QED) is 0.719. The summed E-state index contributed by atoms with van der Waals surface area (Å²) in [5.41, 5.74) is 5.11. The minimum Gasteiger partial charge on any atom is -0.477 e. The SMILES string of the molecule is CCCN.O=C(O)c1ccccn1. The Labute approximate surface area is 77.4 Å². The number of nitrogens with two attached hydrogens (primary N) is 1. The van der Waals surface area contributed by atoms with Gasteiger partial charge in [-0.3, -0.25) is 0 Å². The van der Waals surface area contributed by atoms with Crippen LogP contribution in [0.25, 0.3) is 0 Å². The van der Waals surface area contributed by atoms with Crippen LogP contribution in [-0.4, -0.2) is 22.6 Å². The van der Waals surface area contributed by atoms with Gasteiger partial charge in [-0.2, -0.15) is 0 Å². The van der Waals surface area contributed by atoms with E-state index in [0.717, 1.165) is 13.0 Å². The molecule has 0 bridgehead atoms. The zero-order valence-electron chi connectivity index (χ0n) is 7.60. The first-order chi connectivity index (χ1) is 6.22. The molecule has 0 aliphatic rings. The van der Waals surface area contributed by atoms with E-state index in [-0.39, 0.29) is 5.69 Å². The average molecular weight is 182 g/mol. The molecule has 4 nitrogen and oxygen atoms in total. The van der Waals surface area contributed by atoms with E-state index >= 15 is 0 Å². The fourth-order valence-corrected chi connectivity index (χ4v) is 0.489. The van der Waals surface area contributed by atoms with Crippen LogP contribution in [0.15, 0.2) is 24.4 Å². The second kappa shape index (κ2) is 7.24. The van der Waals surface area contributed by atoms with Crippen molar-refractivity contribution in [1.29, 1.82) is 0 Å². The maximum Gasteiger partial charge on any atom is 0.354 e. The second-order valence-electron chi connectivity index (χ2n) is 2.31. The molecule has 0 atom stereocenters. The lowest BCUT2D eigenvalue weighted by Crippen LogP contribution is -1.97. The topological polar surface area (TPSA) is 76.2 Å². The lowest BCUT2D eigenvalue weighted by molar-refractivity contribution is 0.0690. The number of carboxylic acids is 1. The van der Waals surface area contributed by atoms with Crippen LogP contribution < -0.4 is 5.73 Å². The fraction of sp³-hybridized carbons (Fsp3) is 0.333. The molecule has 1 aromatic heterocycles. The Morgan fingerprint density at radius 1 is 1.62 bits per heavy atom. The van der Waals surface area contributed by atoms with Crippen LogP contribution in [0, 0.1) is 0 Å². The normalized spacial score (nSPS) is 8.46. The largest absolute Gasteiger partial charge is 0.477 e. The molecular weight excluding hydrogens is 168 g/mol. The summed E-state index contributed by atoms with van der Waals surface area (Å²) in [7, 11) is 0. The maximum absolute atomic E-state index is 10.1. The molecule has 0 spiro atoms. The van der Waals surface area contributed by atoms with Crippen LogP contribution in [0.3, 0.4) is 0 Å². The van der Waals surface area contributed by atoms with Crippen LogP contribution in [0.1, 0.15) is 23.8 Å². The van der Waals surface area contributed by atoms with Crippen molar-refractivity contribution in [2.24, 2.45) is 5.73 Å². The van der Waals surface area contributed by atoms with Gasteiger partial charge in [-0.15, -0.1) is 0 Å². The van der Waals surface area contributed by atoms with Crippen molar-refractivity contribution in [3.8, 4) is 0 Å². The van der Waals surface area contributed by atoms with Crippen molar-refractivity contribution < 1.29 is 9.90 Å². The minimum atomic E-state index is -0.990. The third-order valence-electron chi connectivity index (χ3n) is 1.17. The van der Waals surface area contributed by atoms with E-state index in [2.05, 4.69) is 11.9 Å². The highest BCUT2D eigenvalue weighted by Gasteiger charge is 1.98. The first-order valence-corrected chi connectivity index (χ1v) is 4.06. The van der Waals surface area contributed by atoms with E-state index in [0.29, 0.717) is 0 Å². The monoisotopic (exact) mass is 182 g/mol. The van der Waals surface area contributed by atoms with Crippen molar-refractivity contribution >= 4 is 5.97 Å². The first-order valence-electron chi connectivity index (χ1n) is 4.06. The summed E-state index contributed by atoms with van der Waals surface area (Å²) in [4.78, 5) is 13.7. The van der Waals surface area contributed by atoms with Crippen LogP contribution >= 0.6 is 0 Å². The van der Waals surface area contributed by atoms with Gasteiger partial charge in [0.05, 0.1) is 0 Å². The molecule has 0 fully saturated rings. The number of hydrogen-bond donors (Lipinski definition) is 2. The third kappa shape index (κ3) is 5.81. The van der Waals surface area contributed by atoms with Gasteiger partial charge in [-0.1, -0.05) is 13.0 Å². The molecule has 1 heterocycles. The Bertz CT molecular complexity index is 235. The number of aromatic nitrogens is 1. The smallest absolute Gasteiger partial charge is 0.354 e. The predicted octanol–water partition coefficient (Wildman–Crippen LogP) is 1.13. The van der Waals surface area contributed by atoms with Gasteiger partial charge < -0.3 is 10.8 Å². The highest BCUT2D eigenvalue weighted by Crippen LogP contribution is 1.90. The second-order valence-corrected chi connectivity index (χ2v) is 2.31. The Kier molecular flexibility index (Phi) is 6.45. The maximum atomic E-state index is 10.1. The Morgan fingerprint density at radius 3 is 2.46 bits per heavy atom. The standard InChI is InChI=1S/C6H5NO2.C3H9N/c8-6(9)5-3-1-2-4-7-5;1-2-3-4/h1-4H,(H,8,9);2-4H2,1H3. The summed E-state index contributed by atoms with van der Waals surface area (Å²) >= 11 is 0.